The van der Waals surface area contributed by atoms with Crippen molar-refractivity contribution in [3.63, 3.8) is 0 Å². The predicted molar refractivity (Wildman–Crippen MR) is 77.5 cm³/mol. The average Bonchev–Trinajstić information content (AvgIpc) is 2.35. The van der Waals surface area contributed by atoms with E-state index in [0.29, 0.717) is 0 Å². The number of halogens is 1. The second-order valence-electron chi connectivity index (χ2n) is 4.10. The second-order valence-corrected chi connectivity index (χ2v) is 6.76. The summed E-state index contributed by atoms with van der Waals surface area (Å²) in [5.74, 6) is 0. The third-order valence-electron chi connectivity index (χ3n) is 2.65. The van der Waals surface area contributed by atoms with E-state index in [9.17, 15) is 8.42 Å². The van der Waals surface area contributed by atoms with Gasteiger partial charge in [0.05, 0.1) is 6.07 Å². The van der Waals surface area contributed by atoms with Crippen LogP contribution in [0, 0.1) is 11.3 Å². The highest BCUT2D eigenvalue weighted by molar-refractivity contribution is 9.10. The van der Waals surface area contributed by atoms with Gasteiger partial charge in [-0.05, 0) is 18.6 Å². The molecule has 7 heteroatoms. The van der Waals surface area contributed by atoms with E-state index in [0.717, 1.165) is 14.3 Å². The first kappa shape index (κ1) is 16.1. The first-order valence-corrected chi connectivity index (χ1v) is 7.96. The molecule has 0 fully saturated rings. The molecule has 1 N–H and O–H groups in total. The van der Waals surface area contributed by atoms with Crippen LogP contribution in [0.25, 0.3) is 0 Å². The van der Waals surface area contributed by atoms with Crippen LogP contribution in [0.3, 0.4) is 0 Å². The molecule has 0 aliphatic heterocycles. The summed E-state index contributed by atoms with van der Waals surface area (Å²) in [6, 6.07) is 9.00. The molecule has 0 spiro atoms. The smallest absolute Gasteiger partial charge is 0.198 e. The van der Waals surface area contributed by atoms with Crippen LogP contribution in [0.15, 0.2) is 28.7 Å². The maximum absolute atomic E-state index is 12.0. The van der Waals surface area contributed by atoms with Crippen molar-refractivity contribution in [1.82, 2.24) is 9.03 Å². The summed E-state index contributed by atoms with van der Waals surface area (Å²) >= 11 is 3.39. The minimum absolute atomic E-state index is 0.167. The van der Waals surface area contributed by atoms with Gasteiger partial charge in [0, 0.05) is 30.5 Å². The molecule has 0 saturated heterocycles. The van der Waals surface area contributed by atoms with E-state index in [2.05, 4.69) is 20.7 Å². The summed E-state index contributed by atoms with van der Waals surface area (Å²) in [4.78, 5) is 0. The minimum Gasteiger partial charge on any atom is -0.198 e. The Morgan fingerprint density at radius 2 is 2.11 bits per heavy atom. The van der Waals surface area contributed by atoms with Crippen molar-refractivity contribution in [3.8, 4) is 6.07 Å². The molecule has 1 aromatic carbocycles. The Balaban J connectivity index is 2.79. The maximum atomic E-state index is 12.0. The van der Waals surface area contributed by atoms with Gasteiger partial charge in [-0.2, -0.15) is 22.7 Å². The molecule has 104 valence electrons. The molecule has 1 rings (SSSR count). The molecule has 0 aliphatic rings. The Morgan fingerprint density at radius 1 is 1.47 bits per heavy atom. The van der Waals surface area contributed by atoms with Crippen LogP contribution in [0.2, 0.25) is 0 Å². The lowest BCUT2D eigenvalue weighted by molar-refractivity contribution is 0.456. The first-order chi connectivity index (χ1) is 8.88. The highest BCUT2D eigenvalue weighted by Gasteiger charge is 2.21. The van der Waals surface area contributed by atoms with Crippen molar-refractivity contribution >= 4 is 26.1 Å². The largest absolute Gasteiger partial charge is 0.279 e. The lowest BCUT2D eigenvalue weighted by atomic mass is 10.1. The molecule has 0 heterocycles. The molecule has 1 unspecified atom stereocenters. The van der Waals surface area contributed by atoms with Crippen molar-refractivity contribution in [2.45, 2.75) is 19.4 Å². The van der Waals surface area contributed by atoms with E-state index in [4.69, 9.17) is 5.26 Å². The predicted octanol–water partition coefficient (Wildman–Crippen LogP) is 2.19. The van der Waals surface area contributed by atoms with Gasteiger partial charge in [0.25, 0.3) is 10.2 Å². The third-order valence-corrected chi connectivity index (χ3v) is 5.02. The van der Waals surface area contributed by atoms with Gasteiger partial charge in [-0.15, -0.1) is 0 Å². The third kappa shape index (κ3) is 4.58. The van der Waals surface area contributed by atoms with Gasteiger partial charge in [0.1, 0.15) is 0 Å². The van der Waals surface area contributed by atoms with Crippen LogP contribution in [-0.4, -0.2) is 26.3 Å². The summed E-state index contributed by atoms with van der Waals surface area (Å²) in [7, 11) is -2.13. The fraction of sp³-hybridized carbons (Fsp3) is 0.417. The first-order valence-electron chi connectivity index (χ1n) is 5.73. The van der Waals surface area contributed by atoms with Crippen LogP contribution in [0.1, 0.15) is 24.9 Å². The fourth-order valence-electron chi connectivity index (χ4n) is 1.53. The molecule has 0 aromatic heterocycles. The summed E-state index contributed by atoms with van der Waals surface area (Å²) in [5, 5.41) is 8.48. The Labute approximate surface area is 122 Å². The zero-order chi connectivity index (χ0) is 14.5. The molecule has 0 bridgehead atoms. The summed E-state index contributed by atoms with van der Waals surface area (Å²) in [6.07, 6.45) is 0.167. The normalized spacial score (nSPS) is 13.2. The fourth-order valence-corrected chi connectivity index (χ4v) is 3.24. The molecule has 1 atom stereocenters. The van der Waals surface area contributed by atoms with E-state index >= 15 is 0 Å². The van der Waals surface area contributed by atoms with Crippen molar-refractivity contribution in [2.24, 2.45) is 0 Å². The van der Waals surface area contributed by atoms with Gasteiger partial charge in [-0.25, -0.2) is 0 Å². The average molecular weight is 346 g/mol. The number of nitriles is 1. The second kappa shape index (κ2) is 7.01. The lowest BCUT2D eigenvalue weighted by Gasteiger charge is -2.21. The van der Waals surface area contributed by atoms with E-state index < -0.39 is 10.2 Å². The van der Waals surface area contributed by atoms with Gasteiger partial charge in [0.2, 0.25) is 0 Å². The maximum Gasteiger partial charge on any atom is 0.279 e. The monoisotopic (exact) mass is 345 g/mol. The van der Waals surface area contributed by atoms with Crippen molar-refractivity contribution in [2.75, 3.05) is 13.6 Å². The van der Waals surface area contributed by atoms with Crippen LogP contribution in [-0.2, 0) is 10.2 Å². The molecular formula is C12H16BrN3O2S. The number of rotatable bonds is 6. The topological polar surface area (TPSA) is 73.2 Å². The number of hydrogen-bond donors (Lipinski definition) is 1. The standard InChI is InChI=1S/C12H16BrN3O2S/c1-10(11-6-3-4-7-12(11)13)15-19(17,18)16(2)9-5-8-14/h3-4,6-7,10,15H,5,9H2,1-2H3. The zero-order valence-electron chi connectivity index (χ0n) is 10.8. The Kier molecular flexibility index (Phi) is 5.94. The Bertz CT molecular complexity index is 569. The zero-order valence-corrected chi connectivity index (χ0v) is 13.2. The summed E-state index contributed by atoms with van der Waals surface area (Å²) < 4.78 is 28.6. The van der Waals surface area contributed by atoms with Crippen LogP contribution in [0.5, 0.6) is 0 Å². The molecule has 5 nitrogen and oxygen atoms in total. The lowest BCUT2D eigenvalue weighted by Crippen LogP contribution is -2.39. The Hall–Kier alpha value is -0.940. The number of nitrogens with zero attached hydrogens (tertiary/aromatic N) is 2. The van der Waals surface area contributed by atoms with Gasteiger partial charge in [-0.3, -0.25) is 0 Å². The minimum atomic E-state index is -3.59. The van der Waals surface area contributed by atoms with Crippen LogP contribution in [0.4, 0.5) is 0 Å². The number of nitrogens with one attached hydrogen (secondary N) is 1. The van der Waals surface area contributed by atoms with E-state index in [1.165, 1.54) is 7.05 Å². The highest BCUT2D eigenvalue weighted by Crippen LogP contribution is 2.23. The SMILES string of the molecule is CC(NS(=O)(=O)N(C)CCC#N)c1ccccc1Br. The quantitative estimate of drug-likeness (QED) is 0.858. The van der Waals surface area contributed by atoms with E-state index in [-0.39, 0.29) is 19.0 Å². The molecule has 0 radical (unpaired) electrons. The van der Waals surface area contributed by atoms with Crippen molar-refractivity contribution in [1.29, 1.82) is 5.26 Å². The molecule has 1 aromatic rings. The molecule has 0 amide bonds. The summed E-state index contributed by atoms with van der Waals surface area (Å²) in [6.45, 7) is 1.95. The van der Waals surface area contributed by atoms with Gasteiger partial charge < -0.3 is 0 Å². The molecule has 19 heavy (non-hydrogen) atoms. The van der Waals surface area contributed by atoms with Crippen molar-refractivity contribution < 1.29 is 8.42 Å². The highest BCUT2D eigenvalue weighted by atomic mass is 79.9. The van der Waals surface area contributed by atoms with Gasteiger partial charge in [-0.1, -0.05) is 34.1 Å². The van der Waals surface area contributed by atoms with E-state index in [1.807, 2.05) is 30.3 Å². The van der Waals surface area contributed by atoms with Gasteiger partial charge in [0.15, 0.2) is 0 Å². The van der Waals surface area contributed by atoms with Crippen LogP contribution >= 0.6 is 15.9 Å². The van der Waals surface area contributed by atoms with Gasteiger partial charge >= 0.3 is 0 Å². The molecular weight excluding hydrogens is 330 g/mol. The number of benzene rings is 1. The van der Waals surface area contributed by atoms with Crippen molar-refractivity contribution in [3.05, 3.63) is 34.3 Å². The molecule has 0 saturated carbocycles. The van der Waals surface area contributed by atoms with Crippen LogP contribution < -0.4 is 4.72 Å². The molecule has 0 aliphatic carbocycles. The van der Waals surface area contributed by atoms with E-state index in [1.54, 1.807) is 6.92 Å². The number of hydrogen-bond acceptors (Lipinski definition) is 3. The summed E-state index contributed by atoms with van der Waals surface area (Å²) in [5.41, 5.74) is 0.861. The Morgan fingerprint density at radius 3 is 2.68 bits per heavy atom.